The minimum atomic E-state index is -0.104. The molecule has 0 saturated heterocycles. The lowest BCUT2D eigenvalue weighted by Gasteiger charge is -2.08. The molecule has 0 aliphatic heterocycles. The number of pyridine rings is 1. The molecule has 0 N–H and O–H groups in total. The number of benzene rings is 3. The zero-order valence-corrected chi connectivity index (χ0v) is 16.6. The highest BCUT2D eigenvalue weighted by atomic mass is 79.9. The van der Waals surface area contributed by atoms with Gasteiger partial charge in [0.25, 0.3) is 5.56 Å². The third-order valence-corrected chi connectivity index (χ3v) is 6.40. The van der Waals surface area contributed by atoms with E-state index in [4.69, 9.17) is 4.98 Å². The zero-order valence-electron chi connectivity index (χ0n) is 15.0. The number of hydrogen-bond acceptors (Lipinski definition) is 3. The van der Waals surface area contributed by atoms with Gasteiger partial charge >= 0.3 is 5.69 Å². The van der Waals surface area contributed by atoms with E-state index < -0.39 is 0 Å². The van der Waals surface area contributed by atoms with Crippen LogP contribution in [0.4, 0.5) is 0 Å². The van der Waals surface area contributed by atoms with Crippen molar-refractivity contribution in [2.45, 2.75) is 0 Å². The van der Waals surface area contributed by atoms with Gasteiger partial charge < -0.3 is 0 Å². The Labute approximate surface area is 165 Å². The molecule has 6 rings (SSSR count). The van der Waals surface area contributed by atoms with Crippen LogP contribution >= 0.6 is 15.9 Å². The van der Waals surface area contributed by atoms with Crippen LogP contribution in [0.2, 0.25) is 0 Å². The van der Waals surface area contributed by atoms with Crippen molar-refractivity contribution in [3.8, 4) is 0 Å². The van der Waals surface area contributed by atoms with Crippen LogP contribution in [0.3, 0.4) is 0 Å². The molecule has 0 saturated carbocycles. The lowest BCUT2D eigenvalue weighted by atomic mass is 10.0. The van der Waals surface area contributed by atoms with E-state index in [9.17, 15) is 9.59 Å². The highest BCUT2D eigenvalue weighted by Crippen LogP contribution is 2.34. The third-order valence-electron chi connectivity index (χ3n) is 5.71. The number of fused-ring (bicyclic) bond motifs is 5. The van der Waals surface area contributed by atoms with Gasteiger partial charge in [0.2, 0.25) is 0 Å². The number of aryl methyl sites for hydroxylation is 2. The van der Waals surface area contributed by atoms with Gasteiger partial charge in [-0.3, -0.25) is 18.3 Å². The maximum atomic E-state index is 13.4. The molecular formula is C21H13BrN4O2. The largest absolute Gasteiger partial charge is 0.328 e. The van der Waals surface area contributed by atoms with Crippen molar-refractivity contribution in [1.29, 1.82) is 0 Å². The molecule has 0 spiro atoms. The third kappa shape index (κ3) is 1.70. The number of hydrogen-bond donors (Lipinski definition) is 0. The molecule has 3 heterocycles. The smallest absolute Gasteiger partial charge is 0.295 e. The van der Waals surface area contributed by atoms with Gasteiger partial charge in [-0.05, 0) is 35.7 Å². The van der Waals surface area contributed by atoms with E-state index in [1.54, 1.807) is 27.6 Å². The van der Waals surface area contributed by atoms with Gasteiger partial charge in [0.1, 0.15) is 5.65 Å². The summed E-state index contributed by atoms with van der Waals surface area (Å²) in [6.45, 7) is 0. The number of imidazole rings is 2. The van der Waals surface area contributed by atoms with Crippen molar-refractivity contribution < 1.29 is 0 Å². The van der Waals surface area contributed by atoms with E-state index in [2.05, 4.69) is 15.9 Å². The van der Waals surface area contributed by atoms with Crippen molar-refractivity contribution in [3.63, 3.8) is 0 Å². The molecule has 0 unspecified atom stereocenters. The van der Waals surface area contributed by atoms with E-state index in [-0.39, 0.29) is 11.2 Å². The van der Waals surface area contributed by atoms with Gasteiger partial charge in [0, 0.05) is 34.7 Å². The minimum absolute atomic E-state index is 0.103. The quantitative estimate of drug-likeness (QED) is 0.368. The molecule has 6 aromatic rings. The fraction of sp³-hybridized carbons (Fsp3) is 0.0952. The predicted octanol–water partition coefficient (Wildman–Crippen LogP) is 3.54. The van der Waals surface area contributed by atoms with Crippen LogP contribution in [0, 0.1) is 0 Å². The maximum absolute atomic E-state index is 13.4. The van der Waals surface area contributed by atoms with Gasteiger partial charge in [-0.2, -0.15) is 0 Å². The summed E-state index contributed by atoms with van der Waals surface area (Å²) in [7, 11) is 3.48. The van der Waals surface area contributed by atoms with Crippen LogP contribution in [0.5, 0.6) is 0 Å². The Morgan fingerprint density at radius 3 is 2.36 bits per heavy atom. The Hall–Kier alpha value is -3.19. The second-order valence-corrected chi connectivity index (χ2v) is 7.98. The maximum Gasteiger partial charge on any atom is 0.328 e. The number of halogens is 1. The molecule has 0 aliphatic carbocycles. The fourth-order valence-corrected chi connectivity index (χ4v) is 4.77. The van der Waals surface area contributed by atoms with Crippen LogP contribution < -0.4 is 11.2 Å². The Bertz CT molecular complexity index is 1740. The second-order valence-electron chi connectivity index (χ2n) is 7.13. The predicted molar refractivity (Wildman–Crippen MR) is 115 cm³/mol. The first-order valence-electron chi connectivity index (χ1n) is 8.81. The van der Waals surface area contributed by atoms with Crippen LogP contribution in [0.1, 0.15) is 0 Å². The summed E-state index contributed by atoms with van der Waals surface area (Å²) in [6.07, 6.45) is 0. The molecule has 0 radical (unpaired) electrons. The molecule has 0 atom stereocenters. The van der Waals surface area contributed by atoms with E-state index in [0.29, 0.717) is 22.1 Å². The average molecular weight is 433 g/mol. The first-order chi connectivity index (χ1) is 13.5. The topological polar surface area (TPSA) is 61.3 Å². The van der Waals surface area contributed by atoms with Crippen molar-refractivity contribution in [1.82, 2.24) is 18.5 Å². The standard InChI is InChI=1S/C21H13BrN4O2/c1-24-16-8-14-15(9-17(16)25(2)21(24)28)26-19(23-14)11-6-7-13(22)10-4-3-5-12(18(10)11)20(26)27/h3-9H,1-2H3. The van der Waals surface area contributed by atoms with E-state index in [0.717, 1.165) is 31.7 Å². The molecule has 28 heavy (non-hydrogen) atoms. The van der Waals surface area contributed by atoms with Gasteiger partial charge in [0.05, 0.1) is 22.1 Å². The van der Waals surface area contributed by atoms with Crippen molar-refractivity contribution >= 4 is 65.2 Å². The summed E-state index contributed by atoms with van der Waals surface area (Å²) in [4.78, 5) is 30.5. The fourth-order valence-electron chi connectivity index (χ4n) is 4.31. The van der Waals surface area contributed by atoms with E-state index in [1.165, 1.54) is 0 Å². The monoisotopic (exact) mass is 432 g/mol. The Kier molecular flexibility index (Phi) is 2.82. The summed E-state index contributed by atoms with van der Waals surface area (Å²) < 4.78 is 5.80. The minimum Gasteiger partial charge on any atom is -0.295 e. The lowest BCUT2D eigenvalue weighted by molar-refractivity contribution is 0.795. The molecule has 0 aliphatic rings. The summed E-state index contributed by atoms with van der Waals surface area (Å²) in [5.41, 5.74) is 3.40. The molecule has 0 amide bonds. The Balaban J connectivity index is 1.96. The molecule has 3 aromatic heterocycles. The van der Waals surface area contributed by atoms with E-state index in [1.807, 2.05) is 42.5 Å². The number of aromatic nitrogens is 4. The summed E-state index contributed by atoms with van der Waals surface area (Å²) in [5.74, 6) is 0. The highest BCUT2D eigenvalue weighted by Gasteiger charge is 2.18. The Morgan fingerprint density at radius 2 is 1.57 bits per heavy atom. The molecule has 136 valence electrons. The van der Waals surface area contributed by atoms with Crippen LogP contribution in [-0.4, -0.2) is 18.5 Å². The highest BCUT2D eigenvalue weighted by molar-refractivity contribution is 9.10. The van der Waals surface area contributed by atoms with Gasteiger partial charge in [-0.15, -0.1) is 0 Å². The summed E-state index contributed by atoms with van der Waals surface area (Å²) in [5, 5.41) is 3.50. The number of nitrogens with zero attached hydrogens (tertiary/aromatic N) is 4. The lowest BCUT2D eigenvalue weighted by Crippen LogP contribution is -2.19. The second kappa shape index (κ2) is 4.99. The van der Waals surface area contributed by atoms with Crippen molar-refractivity contribution in [2.24, 2.45) is 14.1 Å². The molecule has 0 bridgehead atoms. The van der Waals surface area contributed by atoms with Gasteiger partial charge in [-0.1, -0.05) is 28.1 Å². The summed E-state index contributed by atoms with van der Waals surface area (Å²) in [6, 6.07) is 13.5. The van der Waals surface area contributed by atoms with Crippen LogP contribution in [0.25, 0.3) is 49.3 Å². The average Bonchev–Trinajstić information content (AvgIpc) is 3.17. The normalized spacial score (nSPS) is 12.4. The molecule has 0 fully saturated rings. The molecular weight excluding hydrogens is 420 g/mol. The Morgan fingerprint density at radius 1 is 0.857 bits per heavy atom. The van der Waals surface area contributed by atoms with Crippen molar-refractivity contribution in [2.75, 3.05) is 0 Å². The molecule has 7 heteroatoms. The van der Waals surface area contributed by atoms with Crippen LogP contribution in [0.15, 0.2) is 56.5 Å². The van der Waals surface area contributed by atoms with Gasteiger partial charge in [0.15, 0.2) is 0 Å². The molecule has 6 nitrogen and oxygen atoms in total. The number of rotatable bonds is 0. The molecule has 3 aromatic carbocycles. The zero-order chi connectivity index (χ0) is 19.3. The SMILES string of the molecule is Cn1c(=O)n(C)c2cc3c(cc21)nc1c2ccc(Br)c4cccc(c(=O)n31)c42. The van der Waals surface area contributed by atoms with Gasteiger partial charge in [-0.25, -0.2) is 9.78 Å². The first-order valence-corrected chi connectivity index (χ1v) is 9.61. The van der Waals surface area contributed by atoms with Crippen LogP contribution in [-0.2, 0) is 14.1 Å². The first kappa shape index (κ1) is 15.8. The summed E-state index contributed by atoms with van der Waals surface area (Å²) >= 11 is 3.59. The van der Waals surface area contributed by atoms with Crippen molar-refractivity contribution in [3.05, 3.63) is 67.8 Å². The van der Waals surface area contributed by atoms with E-state index >= 15 is 0 Å².